The van der Waals surface area contributed by atoms with Crippen molar-refractivity contribution in [2.45, 2.75) is 23.8 Å². The van der Waals surface area contributed by atoms with Crippen LogP contribution < -0.4 is 5.73 Å². The SMILES string of the molecule is COC(=O)c1cc(F)ccc1S(=O)(=O)N1CC2CCC(N)C2C1. The fraction of sp³-hybridized carbons (Fsp3) is 0.533. The molecule has 0 radical (unpaired) electrons. The highest BCUT2D eigenvalue weighted by molar-refractivity contribution is 7.89. The smallest absolute Gasteiger partial charge is 0.339 e. The number of esters is 1. The highest BCUT2D eigenvalue weighted by Gasteiger charge is 2.45. The number of fused-ring (bicyclic) bond motifs is 1. The molecule has 1 heterocycles. The van der Waals surface area contributed by atoms with Crippen LogP contribution in [-0.2, 0) is 14.8 Å². The first kappa shape index (κ1) is 16.4. The largest absolute Gasteiger partial charge is 0.465 e. The summed E-state index contributed by atoms with van der Waals surface area (Å²) >= 11 is 0. The van der Waals surface area contributed by atoms with Gasteiger partial charge in [0.25, 0.3) is 0 Å². The number of methoxy groups -OCH3 is 1. The second-order valence-electron chi connectivity index (χ2n) is 6.12. The Hall–Kier alpha value is -1.51. The number of hydrogen-bond acceptors (Lipinski definition) is 5. The van der Waals surface area contributed by atoms with Crippen LogP contribution in [0.5, 0.6) is 0 Å². The number of sulfonamides is 1. The molecule has 0 spiro atoms. The third kappa shape index (κ3) is 2.75. The number of carbonyl (C=O) groups excluding carboxylic acids is 1. The van der Waals surface area contributed by atoms with Crippen molar-refractivity contribution in [1.82, 2.24) is 4.31 Å². The first-order valence-electron chi connectivity index (χ1n) is 7.48. The van der Waals surface area contributed by atoms with Gasteiger partial charge in [-0.3, -0.25) is 0 Å². The van der Waals surface area contributed by atoms with Gasteiger partial charge in [-0.25, -0.2) is 17.6 Å². The molecule has 1 aromatic rings. The van der Waals surface area contributed by atoms with Gasteiger partial charge in [0.1, 0.15) is 5.82 Å². The third-order valence-electron chi connectivity index (χ3n) is 4.84. The maximum absolute atomic E-state index is 13.4. The molecule has 1 aromatic carbocycles. The van der Waals surface area contributed by atoms with E-state index < -0.39 is 21.8 Å². The lowest BCUT2D eigenvalue weighted by Crippen LogP contribution is -2.34. The quantitative estimate of drug-likeness (QED) is 0.827. The second-order valence-corrected chi connectivity index (χ2v) is 8.03. The van der Waals surface area contributed by atoms with Crippen molar-refractivity contribution in [1.29, 1.82) is 0 Å². The van der Waals surface area contributed by atoms with E-state index in [1.165, 1.54) is 4.31 Å². The van der Waals surface area contributed by atoms with Crippen LogP contribution in [-0.4, -0.2) is 44.9 Å². The van der Waals surface area contributed by atoms with Gasteiger partial charge in [0.2, 0.25) is 10.0 Å². The maximum atomic E-state index is 13.4. The summed E-state index contributed by atoms with van der Waals surface area (Å²) in [6.07, 6.45) is 1.82. The van der Waals surface area contributed by atoms with Crippen LogP contribution in [0.1, 0.15) is 23.2 Å². The average Bonchev–Trinajstić information content (AvgIpc) is 3.09. The van der Waals surface area contributed by atoms with Crippen molar-refractivity contribution in [3.63, 3.8) is 0 Å². The Kier molecular flexibility index (Phi) is 4.16. The summed E-state index contributed by atoms with van der Waals surface area (Å²) in [5.41, 5.74) is 5.75. The van der Waals surface area contributed by atoms with E-state index in [1.807, 2.05) is 0 Å². The van der Waals surface area contributed by atoms with E-state index in [9.17, 15) is 17.6 Å². The topological polar surface area (TPSA) is 89.7 Å². The first-order chi connectivity index (χ1) is 10.8. The average molecular weight is 342 g/mol. The predicted octanol–water partition coefficient (Wildman–Crippen LogP) is 0.970. The van der Waals surface area contributed by atoms with Gasteiger partial charge in [0.15, 0.2) is 0 Å². The Balaban J connectivity index is 1.96. The summed E-state index contributed by atoms with van der Waals surface area (Å²) in [6.45, 7) is 0.727. The Morgan fingerprint density at radius 2 is 2.09 bits per heavy atom. The lowest BCUT2D eigenvalue weighted by atomic mass is 9.98. The molecule has 0 aromatic heterocycles. The molecule has 0 amide bonds. The normalized spacial score (nSPS) is 27.9. The predicted molar refractivity (Wildman–Crippen MR) is 80.7 cm³/mol. The summed E-state index contributed by atoms with van der Waals surface area (Å²) < 4.78 is 45.1. The molecule has 0 bridgehead atoms. The number of ether oxygens (including phenoxy) is 1. The fourth-order valence-corrected chi connectivity index (χ4v) is 5.29. The number of nitrogens with two attached hydrogens (primary N) is 1. The molecular weight excluding hydrogens is 323 g/mol. The van der Waals surface area contributed by atoms with Crippen LogP contribution in [0.15, 0.2) is 23.1 Å². The molecule has 8 heteroatoms. The Bertz CT molecular complexity index is 737. The summed E-state index contributed by atoms with van der Waals surface area (Å²) in [7, 11) is -2.77. The zero-order chi connectivity index (χ0) is 16.8. The zero-order valence-corrected chi connectivity index (χ0v) is 13.6. The van der Waals surface area contributed by atoms with Gasteiger partial charge < -0.3 is 10.5 Å². The molecule has 23 heavy (non-hydrogen) atoms. The van der Waals surface area contributed by atoms with E-state index in [1.54, 1.807) is 0 Å². The number of carbonyl (C=O) groups is 1. The second kappa shape index (κ2) is 5.85. The molecule has 1 aliphatic heterocycles. The van der Waals surface area contributed by atoms with Crippen LogP contribution >= 0.6 is 0 Å². The Morgan fingerprint density at radius 3 is 2.74 bits per heavy atom. The van der Waals surface area contributed by atoms with Gasteiger partial charge in [0, 0.05) is 19.1 Å². The molecule has 126 valence electrons. The van der Waals surface area contributed by atoms with Gasteiger partial charge in [-0.15, -0.1) is 0 Å². The van der Waals surface area contributed by atoms with E-state index in [-0.39, 0.29) is 28.3 Å². The Morgan fingerprint density at radius 1 is 1.35 bits per heavy atom. The molecule has 1 aliphatic carbocycles. The minimum absolute atomic E-state index is 0.00787. The fourth-order valence-electron chi connectivity index (χ4n) is 3.60. The van der Waals surface area contributed by atoms with Gasteiger partial charge in [-0.05, 0) is 42.9 Å². The summed E-state index contributed by atoms with van der Waals surface area (Å²) in [6, 6.07) is 3.04. The number of rotatable bonds is 3. The van der Waals surface area contributed by atoms with E-state index in [4.69, 9.17) is 5.73 Å². The molecule has 6 nitrogen and oxygen atoms in total. The summed E-state index contributed by atoms with van der Waals surface area (Å²) in [5.74, 6) is -1.17. The zero-order valence-electron chi connectivity index (χ0n) is 12.7. The van der Waals surface area contributed by atoms with Crippen molar-refractivity contribution >= 4 is 16.0 Å². The van der Waals surface area contributed by atoms with E-state index in [0.29, 0.717) is 13.1 Å². The van der Waals surface area contributed by atoms with Crippen LogP contribution in [0.2, 0.25) is 0 Å². The van der Waals surface area contributed by atoms with E-state index in [0.717, 1.165) is 38.2 Å². The molecule has 1 saturated heterocycles. The van der Waals surface area contributed by atoms with Gasteiger partial charge in [0.05, 0.1) is 17.6 Å². The molecule has 2 N–H and O–H groups in total. The van der Waals surface area contributed by atoms with Crippen LogP contribution in [0.3, 0.4) is 0 Å². The molecule has 2 aliphatic rings. The van der Waals surface area contributed by atoms with E-state index >= 15 is 0 Å². The molecule has 3 rings (SSSR count). The van der Waals surface area contributed by atoms with Crippen molar-refractivity contribution in [2.75, 3.05) is 20.2 Å². The number of hydrogen-bond donors (Lipinski definition) is 1. The summed E-state index contributed by atoms with van der Waals surface area (Å²) in [5, 5.41) is 0. The minimum Gasteiger partial charge on any atom is -0.465 e. The van der Waals surface area contributed by atoms with E-state index in [2.05, 4.69) is 4.74 Å². The van der Waals surface area contributed by atoms with Crippen LogP contribution in [0.4, 0.5) is 4.39 Å². The first-order valence-corrected chi connectivity index (χ1v) is 8.92. The highest BCUT2D eigenvalue weighted by atomic mass is 32.2. The van der Waals surface area contributed by atoms with Crippen molar-refractivity contribution < 1.29 is 22.3 Å². The third-order valence-corrected chi connectivity index (χ3v) is 6.73. The molecule has 1 saturated carbocycles. The molecule has 3 atom stereocenters. The number of nitrogens with zero attached hydrogens (tertiary/aromatic N) is 1. The van der Waals surface area contributed by atoms with Crippen molar-refractivity contribution in [3.8, 4) is 0 Å². The maximum Gasteiger partial charge on any atom is 0.339 e. The number of halogens is 1. The lowest BCUT2D eigenvalue weighted by Gasteiger charge is -2.20. The molecule has 3 unspecified atom stereocenters. The van der Waals surface area contributed by atoms with Crippen molar-refractivity contribution in [3.05, 3.63) is 29.6 Å². The standard InChI is InChI=1S/C15H19FN2O4S/c1-22-15(19)11-6-10(16)3-5-14(11)23(20,21)18-7-9-2-4-13(17)12(9)8-18/h3,5-6,9,12-13H,2,4,7-8,17H2,1H3. The van der Waals surface area contributed by atoms with Crippen LogP contribution in [0.25, 0.3) is 0 Å². The number of benzene rings is 1. The van der Waals surface area contributed by atoms with Gasteiger partial charge in [-0.1, -0.05) is 0 Å². The highest BCUT2D eigenvalue weighted by Crippen LogP contribution is 2.39. The van der Waals surface area contributed by atoms with Gasteiger partial charge in [-0.2, -0.15) is 4.31 Å². The molecule has 2 fully saturated rings. The van der Waals surface area contributed by atoms with Gasteiger partial charge >= 0.3 is 5.97 Å². The molecular formula is C15H19FN2O4S. The monoisotopic (exact) mass is 342 g/mol. The van der Waals surface area contributed by atoms with Crippen molar-refractivity contribution in [2.24, 2.45) is 17.6 Å². The summed E-state index contributed by atoms with van der Waals surface area (Å²) in [4.78, 5) is 11.6. The van der Waals surface area contributed by atoms with Crippen LogP contribution in [0, 0.1) is 17.7 Å². The minimum atomic E-state index is -3.90. The Labute approximate surface area is 134 Å². The lowest BCUT2D eigenvalue weighted by molar-refractivity contribution is 0.0595.